The van der Waals surface area contributed by atoms with Crippen molar-refractivity contribution < 1.29 is 64.2 Å². The molecule has 4 aliphatic carbocycles. The lowest BCUT2D eigenvalue weighted by molar-refractivity contribution is -0.352. The molecule has 8 rings (SSSR count). The van der Waals surface area contributed by atoms with Crippen LogP contribution in [0.2, 0.25) is 0 Å². The lowest BCUT2D eigenvalue weighted by Crippen LogP contribution is -2.67. The van der Waals surface area contributed by atoms with Crippen molar-refractivity contribution in [3.63, 3.8) is 0 Å². The summed E-state index contributed by atoms with van der Waals surface area (Å²) in [6, 6.07) is 0. The molecule has 54 heavy (non-hydrogen) atoms. The van der Waals surface area contributed by atoms with E-state index in [4.69, 9.17) is 28.4 Å². The molecule has 3 unspecified atom stereocenters. The normalized spacial score (nSPS) is 57.5. The quantitative estimate of drug-likeness (QED) is 0.147. The Morgan fingerprint density at radius 2 is 1.44 bits per heavy atom. The standard InChI is InChI=1S/C41H66O13/c1-20(2)14-21-15-39(7,48)33-22-8-9-26-37(5)12-11-27(36(3,4)25(37)10-13-38(26,6)40(22)18-41(33,54-21)49-19-40)52-35-31(47)32(29(45)24(17-43)51-35)53-34-30(46)28(44)23(16-42)50-34/h14,21-35,42-48H,8-13,15-19H2,1-7H3/t21-,22+,23+,24+,25?,26?,27-,28+,29+,30-,31+,32-,33?,34-,35-,37-,38+,39-,40-,41-/m0/s1. The molecule has 2 spiro atoms. The molecule has 2 bridgehead atoms. The fraction of sp³-hybridized carbons (Fsp3) is 0.951. The van der Waals surface area contributed by atoms with Gasteiger partial charge in [-0.2, -0.15) is 0 Å². The minimum atomic E-state index is -1.52. The Hall–Kier alpha value is -0.780. The van der Waals surface area contributed by atoms with Crippen LogP contribution in [0.3, 0.4) is 0 Å². The SMILES string of the molecule is CC(C)=C[C@H]1C[C@](C)(O)C2[C@H]3CCC4[C@@]5(C)CC[C@H](O[C@@H]6O[C@H](CO)[C@@H](O)[C@H](O[C@@H]7O[C@H](CO)[C@@H](O)[C@@H]7O)[C@H]6O)C(C)(C)C5CC[C@@]4(C)[C@@]34CO[C@@]2(C4)O1. The molecule has 4 heterocycles. The van der Waals surface area contributed by atoms with E-state index in [2.05, 4.69) is 47.6 Å². The Morgan fingerprint density at radius 1 is 0.778 bits per heavy atom. The molecule has 13 nitrogen and oxygen atoms in total. The molecule has 8 aliphatic rings. The van der Waals surface area contributed by atoms with Crippen LogP contribution in [0.5, 0.6) is 0 Å². The third kappa shape index (κ3) is 5.58. The van der Waals surface area contributed by atoms with E-state index in [-0.39, 0.29) is 39.8 Å². The second-order valence-corrected chi connectivity index (χ2v) is 20.1. The van der Waals surface area contributed by atoms with Crippen LogP contribution in [0.4, 0.5) is 0 Å². The number of rotatable bonds is 7. The first kappa shape index (κ1) is 40.0. The third-order valence-electron chi connectivity index (χ3n) is 16.7. The van der Waals surface area contributed by atoms with Crippen LogP contribution in [-0.2, 0) is 28.4 Å². The first-order valence-electron chi connectivity index (χ1n) is 20.5. The van der Waals surface area contributed by atoms with Gasteiger partial charge in [-0.1, -0.05) is 39.3 Å². The van der Waals surface area contributed by atoms with Crippen molar-refractivity contribution in [1.29, 1.82) is 0 Å². The van der Waals surface area contributed by atoms with Crippen molar-refractivity contribution >= 4 is 0 Å². The summed E-state index contributed by atoms with van der Waals surface area (Å²) in [6.07, 6.45) is -3.41. The maximum Gasteiger partial charge on any atom is 0.187 e. The lowest BCUT2D eigenvalue weighted by atomic mass is 9.35. The zero-order valence-electron chi connectivity index (χ0n) is 33.1. The highest BCUT2D eigenvalue weighted by molar-refractivity contribution is 5.26. The zero-order chi connectivity index (χ0) is 39.0. The Labute approximate surface area is 319 Å². The highest BCUT2D eigenvalue weighted by atomic mass is 16.7. The molecule has 0 aromatic heterocycles. The lowest BCUT2D eigenvalue weighted by Gasteiger charge is -2.70. The summed E-state index contributed by atoms with van der Waals surface area (Å²) in [5.41, 5.74) is -0.155. The molecule has 7 N–H and O–H groups in total. The summed E-state index contributed by atoms with van der Waals surface area (Å²) in [5.74, 6) is 0.212. The van der Waals surface area contributed by atoms with Crippen molar-refractivity contribution in [3.8, 4) is 0 Å². The number of fused-ring (bicyclic) bond motifs is 4. The van der Waals surface area contributed by atoms with Crippen molar-refractivity contribution in [2.45, 2.75) is 179 Å². The van der Waals surface area contributed by atoms with Crippen LogP contribution in [0.1, 0.15) is 99.8 Å². The van der Waals surface area contributed by atoms with Crippen molar-refractivity contribution in [1.82, 2.24) is 0 Å². The number of hydrogen-bond donors (Lipinski definition) is 7. The van der Waals surface area contributed by atoms with Gasteiger partial charge in [-0.05, 0) is 93.3 Å². The fourth-order valence-electron chi connectivity index (χ4n) is 14.4. The monoisotopic (exact) mass is 766 g/mol. The fourth-order valence-corrected chi connectivity index (χ4v) is 14.4. The maximum atomic E-state index is 12.1. The number of aliphatic hydroxyl groups is 7. The molecule has 0 radical (unpaired) electrons. The van der Waals surface area contributed by atoms with E-state index in [1.54, 1.807) is 0 Å². The molecule has 20 atom stereocenters. The zero-order valence-corrected chi connectivity index (χ0v) is 33.1. The molecule has 4 aliphatic heterocycles. The van der Waals surface area contributed by atoms with E-state index in [1.807, 2.05) is 6.92 Å². The van der Waals surface area contributed by atoms with Crippen LogP contribution in [0.15, 0.2) is 11.6 Å². The van der Waals surface area contributed by atoms with E-state index in [9.17, 15) is 35.7 Å². The topological polar surface area (TPSA) is 197 Å². The molecule has 4 saturated carbocycles. The summed E-state index contributed by atoms with van der Waals surface area (Å²) in [7, 11) is 0. The van der Waals surface area contributed by atoms with E-state index in [0.717, 1.165) is 38.5 Å². The van der Waals surface area contributed by atoms with E-state index < -0.39 is 79.9 Å². The van der Waals surface area contributed by atoms with Gasteiger partial charge in [0.25, 0.3) is 0 Å². The van der Waals surface area contributed by atoms with Gasteiger partial charge in [-0.15, -0.1) is 0 Å². The summed E-state index contributed by atoms with van der Waals surface area (Å²) in [6.45, 7) is 15.2. The van der Waals surface area contributed by atoms with Gasteiger partial charge in [0.05, 0.1) is 37.6 Å². The Morgan fingerprint density at radius 3 is 2.09 bits per heavy atom. The van der Waals surface area contributed by atoms with E-state index >= 15 is 0 Å². The Kier molecular flexibility index (Phi) is 9.91. The Bertz CT molecular complexity index is 1450. The Balaban J connectivity index is 1.02. The van der Waals surface area contributed by atoms with E-state index in [1.165, 1.54) is 5.57 Å². The minimum Gasteiger partial charge on any atom is -0.394 e. The van der Waals surface area contributed by atoms with Gasteiger partial charge in [0.1, 0.15) is 42.7 Å². The molecule has 0 aromatic carbocycles. The highest BCUT2D eigenvalue weighted by Gasteiger charge is 2.81. The molecule has 308 valence electrons. The van der Waals surface area contributed by atoms with Gasteiger partial charge in [0.2, 0.25) is 0 Å². The second-order valence-electron chi connectivity index (χ2n) is 20.1. The molecule has 4 saturated heterocycles. The van der Waals surface area contributed by atoms with Crippen molar-refractivity contribution in [3.05, 3.63) is 11.6 Å². The van der Waals surface area contributed by atoms with Crippen LogP contribution in [0, 0.1) is 45.3 Å². The summed E-state index contributed by atoms with van der Waals surface area (Å²) >= 11 is 0. The van der Waals surface area contributed by atoms with Crippen LogP contribution in [-0.4, -0.2) is 134 Å². The largest absolute Gasteiger partial charge is 0.394 e. The summed E-state index contributed by atoms with van der Waals surface area (Å²) < 4.78 is 37.7. The number of ether oxygens (including phenoxy) is 6. The van der Waals surface area contributed by atoms with Gasteiger partial charge in [-0.3, -0.25) is 0 Å². The van der Waals surface area contributed by atoms with Gasteiger partial charge >= 0.3 is 0 Å². The number of allylic oxidation sites excluding steroid dienone is 1. The maximum absolute atomic E-state index is 12.1. The van der Waals surface area contributed by atoms with E-state index in [0.29, 0.717) is 37.2 Å². The second kappa shape index (κ2) is 13.4. The predicted molar refractivity (Wildman–Crippen MR) is 192 cm³/mol. The van der Waals surface area contributed by atoms with Gasteiger partial charge in [0, 0.05) is 24.2 Å². The first-order valence-corrected chi connectivity index (χ1v) is 20.5. The number of aliphatic hydroxyl groups excluding tert-OH is 6. The molecule has 0 amide bonds. The summed E-state index contributed by atoms with van der Waals surface area (Å²) in [4.78, 5) is 0. The van der Waals surface area contributed by atoms with Gasteiger partial charge in [0.15, 0.2) is 18.4 Å². The third-order valence-corrected chi connectivity index (χ3v) is 16.7. The van der Waals surface area contributed by atoms with Crippen molar-refractivity contribution in [2.75, 3.05) is 19.8 Å². The average Bonchev–Trinajstić information content (AvgIpc) is 3.71. The highest BCUT2D eigenvalue weighted by Crippen LogP contribution is 2.80. The predicted octanol–water partition coefficient (Wildman–Crippen LogP) is 2.14. The minimum absolute atomic E-state index is 0.00485. The van der Waals surface area contributed by atoms with Crippen LogP contribution < -0.4 is 0 Å². The molecular formula is C41H66O13. The van der Waals surface area contributed by atoms with Crippen LogP contribution >= 0.6 is 0 Å². The van der Waals surface area contributed by atoms with Crippen LogP contribution in [0.25, 0.3) is 0 Å². The molecular weight excluding hydrogens is 700 g/mol. The average molecular weight is 767 g/mol. The van der Waals surface area contributed by atoms with Gasteiger partial charge in [-0.25, -0.2) is 0 Å². The number of hydrogen-bond acceptors (Lipinski definition) is 13. The first-order chi connectivity index (χ1) is 25.3. The summed E-state index contributed by atoms with van der Waals surface area (Å²) in [5, 5.41) is 75.1. The van der Waals surface area contributed by atoms with Gasteiger partial charge < -0.3 is 64.2 Å². The molecule has 8 fully saturated rings. The smallest absolute Gasteiger partial charge is 0.187 e. The molecule has 0 aromatic rings. The van der Waals surface area contributed by atoms with Crippen molar-refractivity contribution in [2.24, 2.45) is 45.3 Å². The molecule has 13 heteroatoms.